The van der Waals surface area contributed by atoms with Gasteiger partial charge in [0.2, 0.25) is 0 Å². The van der Waals surface area contributed by atoms with E-state index in [0.29, 0.717) is 12.1 Å². The molecule has 0 saturated carbocycles. The minimum absolute atomic E-state index is 0.0404. The predicted molar refractivity (Wildman–Crippen MR) is 85.1 cm³/mol. The Hall–Kier alpha value is -1.33. The summed E-state index contributed by atoms with van der Waals surface area (Å²) in [6.45, 7) is 9.21. The molecule has 2 rings (SSSR count). The number of hydrogen-bond donors (Lipinski definition) is 1. The number of rotatable bonds is 5. The molecular weight excluding hydrogens is 285 g/mol. The third-order valence-electron chi connectivity index (χ3n) is 3.27. The molecule has 1 atom stereocenters. The molecule has 0 bridgehead atoms. The number of aromatic nitrogens is 2. The van der Waals surface area contributed by atoms with Crippen LogP contribution >= 0.6 is 11.3 Å². The van der Waals surface area contributed by atoms with Crippen LogP contribution in [-0.2, 0) is 11.8 Å². The number of hydrogen-bond acceptors (Lipinski definition) is 4. The Kier molecular flexibility index (Phi) is 5.06. The summed E-state index contributed by atoms with van der Waals surface area (Å²) >= 11 is 1.63. The highest BCUT2D eigenvalue weighted by Gasteiger charge is 2.21. The topological polar surface area (TPSA) is 37.8 Å². The summed E-state index contributed by atoms with van der Waals surface area (Å²) in [5, 5.41) is 6.40. The first-order valence-corrected chi connectivity index (χ1v) is 8.08. The van der Waals surface area contributed by atoms with Crippen molar-refractivity contribution in [2.75, 3.05) is 6.54 Å². The Bertz CT molecular complexity index is 589. The first kappa shape index (κ1) is 16.0. The van der Waals surface area contributed by atoms with E-state index in [1.165, 1.54) is 6.07 Å². The van der Waals surface area contributed by atoms with Crippen LogP contribution in [0.5, 0.6) is 0 Å². The van der Waals surface area contributed by atoms with Gasteiger partial charge in [-0.1, -0.05) is 27.7 Å². The zero-order chi connectivity index (χ0) is 15.5. The maximum Gasteiger partial charge on any atom is 0.146 e. The Balaban J connectivity index is 2.21. The molecule has 0 fully saturated rings. The van der Waals surface area contributed by atoms with Crippen molar-refractivity contribution in [1.29, 1.82) is 0 Å². The van der Waals surface area contributed by atoms with E-state index in [2.05, 4.69) is 41.4 Å². The van der Waals surface area contributed by atoms with Gasteiger partial charge in [0.15, 0.2) is 0 Å². The molecule has 0 saturated heterocycles. The Morgan fingerprint density at radius 1 is 1.38 bits per heavy atom. The zero-order valence-electron chi connectivity index (χ0n) is 13.0. The normalized spacial score (nSPS) is 13.4. The molecule has 0 aliphatic rings. The molecule has 2 aromatic heterocycles. The van der Waals surface area contributed by atoms with Crippen molar-refractivity contribution in [2.24, 2.45) is 0 Å². The number of halogens is 1. The van der Waals surface area contributed by atoms with Crippen LogP contribution in [-0.4, -0.2) is 16.5 Å². The van der Waals surface area contributed by atoms with Gasteiger partial charge in [-0.3, -0.25) is 4.98 Å². The van der Waals surface area contributed by atoms with Crippen molar-refractivity contribution in [3.05, 3.63) is 45.9 Å². The second-order valence-corrected chi connectivity index (χ2v) is 7.00. The summed E-state index contributed by atoms with van der Waals surface area (Å²) in [5.41, 5.74) is 1.59. The molecule has 0 aliphatic heterocycles. The SMILES string of the molecule is CCNC(Cc1nc(C(C)(C)C)cs1)c1ncccc1F. The number of nitrogens with zero attached hydrogens (tertiary/aromatic N) is 2. The Morgan fingerprint density at radius 3 is 2.71 bits per heavy atom. The fourth-order valence-electron chi connectivity index (χ4n) is 2.09. The first-order valence-electron chi connectivity index (χ1n) is 7.20. The van der Waals surface area contributed by atoms with E-state index < -0.39 is 0 Å². The molecule has 0 spiro atoms. The molecule has 2 heterocycles. The largest absolute Gasteiger partial charge is 0.308 e. The second kappa shape index (κ2) is 6.62. The fraction of sp³-hybridized carbons (Fsp3) is 0.500. The molecule has 5 heteroatoms. The molecule has 0 amide bonds. The number of likely N-dealkylation sites (N-methyl/N-ethyl adjacent to an activating group) is 1. The summed E-state index contributed by atoms with van der Waals surface area (Å²) in [4.78, 5) is 8.88. The van der Waals surface area contributed by atoms with Crippen molar-refractivity contribution >= 4 is 11.3 Å². The van der Waals surface area contributed by atoms with E-state index in [1.54, 1.807) is 23.6 Å². The maximum absolute atomic E-state index is 13.9. The highest BCUT2D eigenvalue weighted by atomic mass is 32.1. The van der Waals surface area contributed by atoms with Gasteiger partial charge in [0.05, 0.1) is 22.4 Å². The van der Waals surface area contributed by atoms with Gasteiger partial charge in [0.1, 0.15) is 5.82 Å². The summed E-state index contributed by atoms with van der Waals surface area (Å²) in [7, 11) is 0. The van der Waals surface area contributed by atoms with Gasteiger partial charge in [-0.15, -0.1) is 11.3 Å². The van der Waals surface area contributed by atoms with Crippen LogP contribution in [0.1, 0.15) is 50.1 Å². The Morgan fingerprint density at radius 2 is 2.14 bits per heavy atom. The van der Waals surface area contributed by atoms with Crippen molar-refractivity contribution in [3.8, 4) is 0 Å². The minimum Gasteiger partial charge on any atom is -0.308 e. The van der Waals surface area contributed by atoms with Crippen molar-refractivity contribution in [2.45, 2.75) is 45.6 Å². The van der Waals surface area contributed by atoms with E-state index in [-0.39, 0.29) is 17.3 Å². The van der Waals surface area contributed by atoms with Crippen LogP contribution < -0.4 is 5.32 Å². The number of thiazole rings is 1. The highest BCUT2D eigenvalue weighted by Crippen LogP contribution is 2.27. The van der Waals surface area contributed by atoms with Crippen LogP contribution in [0.25, 0.3) is 0 Å². The number of nitrogens with one attached hydrogen (secondary N) is 1. The van der Waals surface area contributed by atoms with Gasteiger partial charge in [-0.05, 0) is 18.7 Å². The lowest BCUT2D eigenvalue weighted by Gasteiger charge is -2.17. The van der Waals surface area contributed by atoms with Crippen LogP contribution in [0.4, 0.5) is 4.39 Å². The third kappa shape index (κ3) is 4.08. The smallest absolute Gasteiger partial charge is 0.146 e. The van der Waals surface area contributed by atoms with E-state index in [0.717, 1.165) is 17.2 Å². The molecule has 3 nitrogen and oxygen atoms in total. The quantitative estimate of drug-likeness (QED) is 0.911. The average Bonchev–Trinajstić information content (AvgIpc) is 2.87. The van der Waals surface area contributed by atoms with Crippen molar-refractivity contribution < 1.29 is 4.39 Å². The molecule has 114 valence electrons. The first-order chi connectivity index (χ1) is 9.91. The zero-order valence-corrected chi connectivity index (χ0v) is 13.8. The maximum atomic E-state index is 13.9. The lowest BCUT2D eigenvalue weighted by molar-refractivity contribution is 0.491. The van der Waals surface area contributed by atoms with E-state index in [1.807, 2.05) is 6.92 Å². The summed E-state index contributed by atoms with van der Waals surface area (Å²) in [5.74, 6) is -0.268. The molecule has 1 N–H and O–H groups in total. The summed E-state index contributed by atoms with van der Waals surface area (Å²) in [6, 6.07) is 2.92. The second-order valence-electron chi connectivity index (χ2n) is 6.06. The average molecular weight is 307 g/mol. The monoisotopic (exact) mass is 307 g/mol. The number of pyridine rings is 1. The molecule has 2 aromatic rings. The van der Waals surface area contributed by atoms with Gasteiger partial charge in [0.25, 0.3) is 0 Å². The lowest BCUT2D eigenvalue weighted by atomic mass is 9.93. The van der Waals surface area contributed by atoms with E-state index in [4.69, 9.17) is 0 Å². The molecule has 0 aliphatic carbocycles. The van der Waals surface area contributed by atoms with Crippen LogP contribution in [0.3, 0.4) is 0 Å². The van der Waals surface area contributed by atoms with Gasteiger partial charge < -0.3 is 5.32 Å². The van der Waals surface area contributed by atoms with Crippen molar-refractivity contribution in [1.82, 2.24) is 15.3 Å². The fourth-order valence-corrected chi connectivity index (χ4v) is 3.16. The molecule has 0 aromatic carbocycles. The van der Waals surface area contributed by atoms with Crippen LogP contribution in [0, 0.1) is 5.82 Å². The molecule has 0 radical (unpaired) electrons. The molecular formula is C16H22FN3S. The predicted octanol–water partition coefficient (Wildman–Crippen LogP) is 3.87. The third-order valence-corrected chi connectivity index (χ3v) is 4.14. The van der Waals surface area contributed by atoms with E-state index in [9.17, 15) is 4.39 Å². The molecule has 1 unspecified atom stereocenters. The van der Waals surface area contributed by atoms with Gasteiger partial charge >= 0.3 is 0 Å². The van der Waals surface area contributed by atoms with E-state index >= 15 is 0 Å². The minimum atomic E-state index is -0.268. The highest BCUT2D eigenvalue weighted by molar-refractivity contribution is 7.09. The van der Waals surface area contributed by atoms with Gasteiger partial charge in [0, 0.05) is 23.4 Å². The van der Waals surface area contributed by atoms with Crippen molar-refractivity contribution in [3.63, 3.8) is 0 Å². The van der Waals surface area contributed by atoms with Gasteiger partial charge in [-0.2, -0.15) is 0 Å². The van der Waals surface area contributed by atoms with Gasteiger partial charge in [-0.25, -0.2) is 9.37 Å². The lowest BCUT2D eigenvalue weighted by Crippen LogP contribution is -2.25. The summed E-state index contributed by atoms with van der Waals surface area (Å²) < 4.78 is 13.9. The van der Waals surface area contributed by atoms with Crippen LogP contribution in [0.15, 0.2) is 23.7 Å². The summed E-state index contributed by atoms with van der Waals surface area (Å²) in [6.07, 6.45) is 2.29. The molecule has 21 heavy (non-hydrogen) atoms. The van der Waals surface area contributed by atoms with Crippen LogP contribution in [0.2, 0.25) is 0 Å². The standard InChI is InChI=1S/C16H22FN3S/c1-5-18-12(15-11(17)7-6-8-19-15)9-14-20-13(10-21-14)16(2,3)4/h6-8,10,12,18H,5,9H2,1-4H3. The Labute approximate surface area is 129 Å².